The number of aliphatic hydroxyl groups excluding tert-OH is 1. The fourth-order valence-electron chi connectivity index (χ4n) is 9.55. The van der Waals surface area contributed by atoms with Gasteiger partial charge in [0.05, 0.1) is 37.0 Å². The summed E-state index contributed by atoms with van der Waals surface area (Å²) in [4.78, 5) is 66.8. The molecule has 1 aliphatic heterocycles. The van der Waals surface area contributed by atoms with Gasteiger partial charge in [0.25, 0.3) is 0 Å². The molecule has 3 fully saturated rings. The van der Waals surface area contributed by atoms with Gasteiger partial charge in [0, 0.05) is 31.1 Å². The van der Waals surface area contributed by atoms with E-state index >= 15 is 0 Å². The highest BCUT2D eigenvalue weighted by atomic mass is 16.6. The van der Waals surface area contributed by atoms with Crippen LogP contribution in [0.25, 0.3) is 0 Å². The molecule has 2 aromatic carbocycles. The molecule has 1 heterocycles. The highest BCUT2D eigenvalue weighted by Gasteiger charge is 2.76. The molecule has 2 saturated carbocycles. The standard InChI is InChI=1S/C42H50O13/c1-24-29(45)21-42(49)37(54-38(48)28-15-11-8-12-16-28)35-40(6,20-19-30-41(35,23-51-30)55-26(3)44)36(34(52-25(2)43)33(24)39(42,4)5)53-32(47)18-17-31(46)50-22-27-13-9-7-10-14-27/h7-16,29-30,34-37,45,49H,17-23H2,1-6H3/t29-,30+,34+,35-,36-,37-,40+,41-,42+/m0/s1. The van der Waals surface area contributed by atoms with Crippen molar-refractivity contribution in [1.82, 2.24) is 0 Å². The number of benzene rings is 2. The Bertz CT molecular complexity index is 1840. The lowest BCUT2D eigenvalue weighted by atomic mass is 9.45. The van der Waals surface area contributed by atoms with Crippen LogP contribution < -0.4 is 0 Å². The lowest BCUT2D eigenvalue weighted by Gasteiger charge is -2.68. The average Bonchev–Trinajstić information content (AvgIpc) is 3.12. The maximum Gasteiger partial charge on any atom is 0.338 e. The Morgan fingerprint density at radius 1 is 0.836 bits per heavy atom. The van der Waals surface area contributed by atoms with Gasteiger partial charge in [-0.15, -0.1) is 0 Å². The van der Waals surface area contributed by atoms with Gasteiger partial charge in [0.15, 0.2) is 11.7 Å². The van der Waals surface area contributed by atoms with Crippen molar-refractivity contribution in [3.63, 3.8) is 0 Å². The number of hydrogen-bond donors (Lipinski definition) is 2. The van der Waals surface area contributed by atoms with Crippen LogP contribution in [0.5, 0.6) is 0 Å². The molecular weight excluding hydrogens is 712 g/mol. The summed E-state index contributed by atoms with van der Waals surface area (Å²) in [7, 11) is 0. The highest BCUT2D eigenvalue weighted by Crippen LogP contribution is 2.65. The van der Waals surface area contributed by atoms with E-state index in [4.69, 9.17) is 28.4 Å². The molecule has 296 valence electrons. The van der Waals surface area contributed by atoms with Crippen molar-refractivity contribution in [1.29, 1.82) is 0 Å². The number of rotatable bonds is 10. The Morgan fingerprint density at radius 2 is 1.47 bits per heavy atom. The lowest BCUT2D eigenvalue weighted by Crippen LogP contribution is -2.80. The van der Waals surface area contributed by atoms with Crippen LogP contribution in [0.3, 0.4) is 0 Å². The van der Waals surface area contributed by atoms with E-state index in [-0.39, 0.29) is 50.0 Å². The van der Waals surface area contributed by atoms with E-state index in [0.29, 0.717) is 12.0 Å². The molecule has 9 atom stereocenters. The number of esters is 5. The van der Waals surface area contributed by atoms with E-state index in [9.17, 15) is 34.2 Å². The second kappa shape index (κ2) is 15.2. The fourth-order valence-corrected chi connectivity index (χ4v) is 9.55. The molecule has 1 saturated heterocycles. The predicted molar refractivity (Wildman–Crippen MR) is 194 cm³/mol. The molecule has 3 aliphatic carbocycles. The Hall–Kier alpha value is -4.59. The van der Waals surface area contributed by atoms with Crippen molar-refractivity contribution in [3.8, 4) is 0 Å². The van der Waals surface area contributed by atoms with Crippen molar-refractivity contribution in [2.45, 2.75) is 122 Å². The van der Waals surface area contributed by atoms with E-state index in [2.05, 4.69) is 0 Å². The Morgan fingerprint density at radius 3 is 2.07 bits per heavy atom. The topological polar surface area (TPSA) is 181 Å². The third kappa shape index (κ3) is 7.18. The van der Waals surface area contributed by atoms with Gasteiger partial charge < -0.3 is 38.6 Å². The zero-order valence-corrected chi connectivity index (χ0v) is 32.1. The minimum Gasteiger partial charge on any atom is -0.461 e. The van der Waals surface area contributed by atoms with Crippen LogP contribution in [-0.4, -0.2) is 88.4 Å². The second-order valence-corrected chi connectivity index (χ2v) is 16.0. The Balaban J connectivity index is 1.48. The molecule has 0 aromatic heterocycles. The molecule has 2 bridgehead atoms. The van der Waals surface area contributed by atoms with Crippen LogP contribution in [0.15, 0.2) is 71.8 Å². The number of fused-ring (bicyclic) bond motifs is 5. The van der Waals surface area contributed by atoms with Crippen LogP contribution >= 0.6 is 0 Å². The summed E-state index contributed by atoms with van der Waals surface area (Å²) in [5, 5.41) is 25.0. The SMILES string of the molecule is CC(=O)O[C@@H]1C2=C(C)[C@@H](O)C[C@@](O)([C@@H](OC(=O)c3ccccc3)[C@H]3[C@@](C)(CC[C@H]4OC[C@]43OC(C)=O)[C@H]1OC(=O)CCC(=O)OCc1ccccc1)C2(C)C. The molecule has 6 rings (SSSR count). The number of ether oxygens (including phenoxy) is 6. The largest absolute Gasteiger partial charge is 0.461 e. The first kappa shape index (κ1) is 40.1. The predicted octanol–water partition coefficient (Wildman–Crippen LogP) is 4.55. The van der Waals surface area contributed by atoms with Gasteiger partial charge in [-0.05, 0) is 48.6 Å². The minimum atomic E-state index is -2.07. The average molecular weight is 763 g/mol. The number of carbonyl (C=O) groups excluding carboxylic acids is 5. The normalized spacial score (nSPS) is 33.2. The maximum absolute atomic E-state index is 14.1. The first-order chi connectivity index (χ1) is 25.9. The lowest BCUT2D eigenvalue weighted by molar-refractivity contribution is -0.349. The third-order valence-electron chi connectivity index (χ3n) is 12.3. The van der Waals surface area contributed by atoms with Crippen LogP contribution in [0, 0.1) is 16.7 Å². The van der Waals surface area contributed by atoms with Crippen molar-refractivity contribution in [2.24, 2.45) is 16.7 Å². The minimum absolute atomic E-state index is 0.0178. The van der Waals surface area contributed by atoms with E-state index in [0.717, 1.165) is 5.56 Å². The number of aliphatic hydroxyl groups is 2. The smallest absolute Gasteiger partial charge is 0.338 e. The van der Waals surface area contributed by atoms with E-state index in [1.807, 2.05) is 18.2 Å². The van der Waals surface area contributed by atoms with Gasteiger partial charge in [-0.1, -0.05) is 69.3 Å². The van der Waals surface area contributed by atoms with Gasteiger partial charge in [-0.2, -0.15) is 0 Å². The summed E-state index contributed by atoms with van der Waals surface area (Å²) in [5.41, 5.74) is -4.73. The summed E-state index contributed by atoms with van der Waals surface area (Å²) in [6.07, 6.45) is -6.72. The zero-order chi connectivity index (χ0) is 39.9. The molecule has 2 aromatic rings. The van der Waals surface area contributed by atoms with E-state index < -0.39 is 88.3 Å². The quantitative estimate of drug-likeness (QED) is 0.196. The van der Waals surface area contributed by atoms with Gasteiger partial charge in [-0.25, -0.2) is 4.79 Å². The summed E-state index contributed by atoms with van der Waals surface area (Å²) >= 11 is 0. The van der Waals surface area contributed by atoms with Crippen molar-refractivity contribution < 1.29 is 62.6 Å². The van der Waals surface area contributed by atoms with Crippen LogP contribution in [-0.2, 0) is 54.2 Å². The molecule has 4 aliphatic rings. The van der Waals surface area contributed by atoms with Crippen LogP contribution in [0.2, 0.25) is 0 Å². The fraction of sp³-hybridized carbons (Fsp3) is 0.548. The summed E-state index contributed by atoms with van der Waals surface area (Å²) in [5.74, 6) is -4.75. The number of hydrogen-bond acceptors (Lipinski definition) is 13. The summed E-state index contributed by atoms with van der Waals surface area (Å²) in [6.45, 7) is 9.14. The van der Waals surface area contributed by atoms with E-state index in [1.165, 1.54) is 13.8 Å². The van der Waals surface area contributed by atoms with Gasteiger partial charge in [-0.3, -0.25) is 19.2 Å². The summed E-state index contributed by atoms with van der Waals surface area (Å²) in [6, 6.07) is 17.3. The van der Waals surface area contributed by atoms with Crippen molar-refractivity contribution in [3.05, 3.63) is 82.9 Å². The molecule has 2 N–H and O–H groups in total. The second-order valence-electron chi connectivity index (χ2n) is 16.0. The monoisotopic (exact) mass is 762 g/mol. The molecule has 0 unspecified atom stereocenters. The van der Waals surface area contributed by atoms with Crippen molar-refractivity contribution in [2.75, 3.05) is 6.61 Å². The van der Waals surface area contributed by atoms with E-state index in [1.54, 1.807) is 70.2 Å². The van der Waals surface area contributed by atoms with Gasteiger partial charge in [0.1, 0.15) is 30.5 Å². The molecule has 55 heavy (non-hydrogen) atoms. The summed E-state index contributed by atoms with van der Waals surface area (Å²) < 4.78 is 36.5. The number of carbonyl (C=O) groups is 5. The third-order valence-corrected chi connectivity index (χ3v) is 12.3. The maximum atomic E-state index is 14.1. The molecular formula is C42H50O13. The Labute approximate surface area is 320 Å². The highest BCUT2D eigenvalue weighted by molar-refractivity contribution is 5.89. The van der Waals surface area contributed by atoms with Crippen LogP contribution in [0.4, 0.5) is 0 Å². The molecule has 13 nitrogen and oxygen atoms in total. The molecule has 0 spiro atoms. The van der Waals surface area contributed by atoms with Gasteiger partial charge >= 0.3 is 29.8 Å². The molecule has 0 radical (unpaired) electrons. The molecule has 0 amide bonds. The van der Waals surface area contributed by atoms with Gasteiger partial charge in [0.2, 0.25) is 0 Å². The van der Waals surface area contributed by atoms with Crippen LogP contribution in [0.1, 0.15) is 89.6 Å². The Kier molecular flexibility index (Phi) is 11.0. The first-order valence-electron chi connectivity index (χ1n) is 18.7. The van der Waals surface area contributed by atoms with Crippen molar-refractivity contribution >= 4 is 29.8 Å². The first-order valence-corrected chi connectivity index (χ1v) is 18.7. The zero-order valence-electron chi connectivity index (χ0n) is 32.1. The molecule has 13 heteroatoms.